The summed E-state index contributed by atoms with van der Waals surface area (Å²) in [6.45, 7) is 0. The molecule has 1 atom stereocenters. The number of allylic oxidation sites excluding steroid dienone is 2. The molecule has 0 aromatic heterocycles. The zero-order chi connectivity index (χ0) is 6.97. The van der Waals surface area contributed by atoms with Crippen molar-refractivity contribution in [3.63, 3.8) is 0 Å². The Morgan fingerprint density at radius 2 is 2.50 bits per heavy atom. The summed E-state index contributed by atoms with van der Waals surface area (Å²) in [7, 11) is 0. The molecule has 2 rings (SSSR count). The van der Waals surface area contributed by atoms with Crippen LogP contribution in [0.15, 0.2) is 16.4 Å². The summed E-state index contributed by atoms with van der Waals surface area (Å²) in [6.07, 6.45) is 4.26. The standard InChI is InChI=1S/C7H10N2O/c10-7-4-8-5-2-1-3-6(5)9-7/h4,7,9-10H,1-3H2. The highest BCUT2D eigenvalue weighted by atomic mass is 16.3. The van der Waals surface area contributed by atoms with Crippen LogP contribution in [0, 0.1) is 0 Å². The van der Waals surface area contributed by atoms with Crippen molar-refractivity contribution in [2.45, 2.75) is 25.5 Å². The summed E-state index contributed by atoms with van der Waals surface area (Å²) >= 11 is 0. The van der Waals surface area contributed by atoms with Crippen molar-refractivity contribution < 1.29 is 5.11 Å². The lowest BCUT2D eigenvalue weighted by atomic mass is 10.3. The number of rotatable bonds is 0. The summed E-state index contributed by atoms with van der Waals surface area (Å²) in [5, 5.41) is 12.0. The van der Waals surface area contributed by atoms with Gasteiger partial charge in [-0.25, -0.2) is 0 Å². The lowest BCUT2D eigenvalue weighted by Gasteiger charge is -2.15. The van der Waals surface area contributed by atoms with Crippen LogP contribution in [0.1, 0.15) is 19.3 Å². The third-order valence-electron chi connectivity index (χ3n) is 1.88. The van der Waals surface area contributed by atoms with Crippen molar-refractivity contribution in [1.29, 1.82) is 0 Å². The summed E-state index contributed by atoms with van der Waals surface area (Å²) in [4.78, 5) is 4.11. The first-order chi connectivity index (χ1) is 4.86. The number of nitrogens with one attached hydrogen (secondary N) is 1. The van der Waals surface area contributed by atoms with Crippen LogP contribution in [0.4, 0.5) is 0 Å². The second-order valence-corrected chi connectivity index (χ2v) is 2.65. The first-order valence-electron chi connectivity index (χ1n) is 3.57. The number of aliphatic imine (C=N–C) groups is 1. The Hall–Kier alpha value is -0.830. The fraction of sp³-hybridized carbons (Fsp3) is 0.571. The minimum atomic E-state index is -0.558. The molecule has 54 valence electrons. The van der Waals surface area contributed by atoms with Crippen LogP contribution in [0.25, 0.3) is 0 Å². The summed E-state index contributed by atoms with van der Waals surface area (Å²) in [5.41, 5.74) is 2.26. The van der Waals surface area contributed by atoms with Crippen LogP contribution < -0.4 is 5.32 Å². The largest absolute Gasteiger partial charge is 0.369 e. The smallest absolute Gasteiger partial charge is 0.160 e. The zero-order valence-corrected chi connectivity index (χ0v) is 5.67. The second-order valence-electron chi connectivity index (χ2n) is 2.65. The molecular weight excluding hydrogens is 128 g/mol. The third-order valence-corrected chi connectivity index (χ3v) is 1.88. The summed E-state index contributed by atoms with van der Waals surface area (Å²) in [5.74, 6) is 0. The van der Waals surface area contributed by atoms with E-state index in [1.165, 1.54) is 6.42 Å². The minimum absolute atomic E-state index is 0.558. The molecule has 0 radical (unpaired) electrons. The molecule has 0 aromatic rings. The van der Waals surface area contributed by atoms with E-state index in [0.29, 0.717) is 0 Å². The monoisotopic (exact) mass is 138 g/mol. The van der Waals surface area contributed by atoms with Gasteiger partial charge >= 0.3 is 0 Å². The van der Waals surface area contributed by atoms with Gasteiger partial charge in [0.15, 0.2) is 6.23 Å². The third kappa shape index (κ3) is 0.827. The highest BCUT2D eigenvalue weighted by Crippen LogP contribution is 2.26. The van der Waals surface area contributed by atoms with E-state index < -0.39 is 6.23 Å². The maximum atomic E-state index is 9.06. The normalized spacial score (nSPS) is 30.3. The Morgan fingerprint density at radius 1 is 1.60 bits per heavy atom. The molecule has 0 fully saturated rings. The van der Waals surface area contributed by atoms with E-state index in [9.17, 15) is 0 Å². The lowest BCUT2D eigenvalue weighted by Crippen LogP contribution is -2.31. The highest BCUT2D eigenvalue weighted by molar-refractivity contribution is 5.66. The van der Waals surface area contributed by atoms with Gasteiger partial charge in [0.1, 0.15) is 0 Å². The Labute approximate surface area is 59.5 Å². The van der Waals surface area contributed by atoms with Crippen LogP contribution in [0.3, 0.4) is 0 Å². The summed E-state index contributed by atoms with van der Waals surface area (Å²) in [6, 6.07) is 0. The van der Waals surface area contributed by atoms with Gasteiger partial charge in [-0.15, -0.1) is 0 Å². The summed E-state index contributed by atoms with van der Waals surface area (Å²) < 4.78 is 0. The number of hydrogen-bond acceptors (Lipinski definition) is 3. The SMILES string of the molecule is OC1C=NC2=C(CCC2)N1. The first kappa shape index (κ1) is 5.92. The van der Waals surface area contributed by atoms with Gasteiger partial charge < -0.3 is 10.4 Å². The van der Waals surface area contributed by atoms with Gasteiger partial charge in [0.05, 0.1) is 11.9 Å². The quantitative estimate of drug-likeness (QED) is 0.508. The first-order valence-corrected chi connectivity index (χ1v) is 3.57. The molecule has 0 saturated carbocycles. The average Bonchev–Trinajstić information content (AvgIpc) is 2.33. The number of hydrogen-bond donors (Lipinski definition) is 2. The molecule has 3 heteroatoms. The fourth-order valence-electron chi connectivity index (χ4n) is 1.40. The molecule has 10 heavy (non-hydrogen) atoms. The Bertz CT molecular complexity index is 208. The van der Waals surface area contributed by atoms with E-state index in [-0.39, 0.29) is 0 Å². The molecule has 1 aliphatic carbocycles. The van der Waals surface area contributed by atoms with Gasteiger partial charge in [0.25, 0.3) is 0 Å². The van der Waals surface area contributed by atoms with Crippen molar-refractivity contribution in [1.82, 2.24) is 5.32 Å². The molecule has 0 amide bonds. The van der Waals surface area contributed by atoms with Gasteiger partial charge in [-0.1, -0.05) is 0 Å². The highest BCUT2D eigenvalue weighted by Gasteiger charge is 2.18. The van der Waals surface area contributed by atoms with E-state index in [1.807, 2.05) is 0 Å². The Morgan fingerprint density at radius 3 is 3.40 bits per heavy atom. The number of aliphatic hydroxyl groups excluding tert-OH is 1. The average molecular weight is 138 g/mol. The molecule has 0 aromatic carbocycles. The minimum Gasteiger partial charge on any atom is -0.369 e. The van der Waals surface area contributed by atoms with Crippen molar-refractivity contribution >= 4 is 6.21 Å². The van der Waals surface area contributed by atoms with E-state index >= 15 is 0 Å². The van der Waals surface area contributed by atoms with Gasteiger partial charge in [0.2, 0.25) is 0 Å². The predicted molar refractivity (Wildman–Crippen MR) is 38.5 cm³/mol. The second kappa shape index (κ2) is 2.09. The fourth-order valence-corrected chi connectivity index (χ4v) is 1.40. The maximum Gasteiger partial charge on any atom is 0.160 e. The molecule has 3 nitrogen and oxygen atoms in total. The molecule has 1 aliphatic heterocycles. The topological polar surface area (TPSA) is 44.6 Å². The molecule has 1 heterocycles. The van der Waals surface area contributed by atoms with Crippen LogP contribution in [-0.4, -0.2) is 17.5 Å². The Kier molecular flexibility index (Phi) is 1.24. The van der Waals surface area contributed by atoms with E-state index in [2.05, 4.69) is 10.3 Å². The Balaban J connectivity index is 2.22. The van der Waals surface area contributed by atoms with Crippen LogP contribution in [-0.2, 0) is 0 Å². The van der Waals surface area contributed by atoms with E-state index in [0.717, 1.165) is 24.2 Å². The predicted octanol–water partition coefficient (Wildman–Crippen LogP) is 0.374. The molecule has 0 saturated heterocycles. The molecule has 0 spiro atoms. The van der Waals surface area contributed by atoms with Gasteiger partial charge in [-0.3, -0.25) is 4.99 Å². The van der Waals surface area contributed by atoms with Crippen LogP contribution in [0.2, 0.25) is 0 Å². The molecule has 1 unspecified atom stereocenters. The van der Waals surface area contributed by atoms with E-state index in [4.69, 9.17) is 5.11 Å². The van der Waals surface area contributed by atoms with Gasteiger partial charge in [0, 0.05) is 5.70 Å². The van der Waals surface area contributed by atoms with Crippen molar-refractivity contribution in [3.05, 3.63) is 11.4 Å². The van der Waals surface area contributed by atoms with Crippen LogP contribution in [0.5, 0.6) is 0 Å². The van der Waals surface area contributed by atoms with Crippen molar-refractivity contribution in [3.8, 4) is 0 Å². The van der Waals surface area contributed by atoms with Crippen molar-refractivity contribution in [2.75, 3.05) is 0 Å². The molecule has 0 bridgehead atoms. The lowest BCUT2D eigenvalue weighted by molar-refractivity contribution is 0.217. The molecule has 2 N–H and O–H groups in total. The maximum absolute atomic E-state index is 9.06. The van der Waals surface area contributed by atoms with Crippen LogP contribution >= 0.6 is 0 Å². The molecule has 2 aliphatic rings. The molecular formula is C7H10N2O. The number of aliphatic hydroxyl groups is 1. The van der Waals surface area contributed by atoms with Crippen molar-refractivity contribution in [2.24, 2.45) is 4.99 Å². The van der Waals surface area contributed by atoms with Gasteiger partial charge in [-0.2, -0.15) is 0 Å². The zero-order valence-electron chi connectivity index (χ0n) is 5.67. The van der Waals surface area contributed by atoms with E-state index in [1.54, 1.807) is 6.21 Å². The number of nitrogens with zero attached hydrogens (tertiary/aromatic N) is 1. The van der Waals surface area contributed by atoms with Gasteiger partial charge in [-0.05, 0) is 19.3 Å².